The number of carbonyl (C=O) groups excluding carboxylic acids is 1. The number of hydrogen-bond acceptors (Lipinski definition) is 5. The van der Waals surface area contributed by atoms with Gasteiger partial charge in [-0.15, -0.1) is 11.3 Å². The van der Waals surface area contributed by atoms with Gasteiger partial charge in [0.2, 0.25) is 0 Å². The molecule has 2 rings (SSSR count). The Balaban J connectivity index is 2.13. The Kier molecular flexibility index (Phi) is 4.01. The Morgan fingerprint density at radius 1 is 1.53 bits per heavy atom. The van der Waals surface area contributed by atoms with Crippen molar-refractivity contribution in [2.24, 2.45) is 0 Å². The molecule has 0 atom stereocenters. The second-order valence-corrected chi connectivity index (χ2v) is 5.54. The van der Waals surface area contributed by atoms with Gasteiger partial charge < -0.3 is 5.73 Å². The predicted molar refractivity (Wildman–Crippen MR) is 77.8 cm³/mol. The fourth-order valence-corrected chi connectivity index (χ4v) is 2.38. The molecule has 0 saturated heterocycles. The Bertz CT molecular complexity index is 612. The summed E-state index contributed by atoms with van der Waals surface area (Å²) in [7, 11) is 0. The van der Waals surface area contributed by atoms with Gasteiger partial charge >= 0.3 is 0 Å². The molecule has 0 bridgehead atoms. The predicted octanol–water partition coefficient (Wildman–Crippen LogP) is 3.15. The van der Waals surface area contributed by atoms with Gasteiger partial charge in [0.25, 0.3) is 5.91 Å². The molecule has 2 aromatic rings. The third kappa shape index (κ3) is 3.21. The number of hydrogen-bond donors (Lipinski definition) is 2. The fraction of sp³-hybridized carbons (Fsp3) is 0.250. The number of thiazole rings is 1. The first-order valence-electron chi connectivity index (χ1n) is 5.65. The van der Waals surface area contributed by atoms with E-state index < -0.39 is 0 Å². The Morgan fingerprint density at radius 2 is 2.26 bits per heavy atom. The number of anilines is 2. The molecule has 0 fully saturated rings. The largest absolute Gasteiger partial charge is 0.382 e. The van der Waals surface area contributed by atoms with Crippen LogP contribution in [-0.2, 0) is 0 Å². The molecule has 0 radical (unpaired) electrons. The zero-order valence-corrected chi connectivity index (χ0v) is 12.0. The Hall–Kier alpha value is -1.66. The van der Waals surface area contributed by atoms with Gasteiger partial charge in [0.05, 0.1) is 16.3 Å². The summed E-state index contributed by atoms with van der Waals surface area (Å²) in [6.07, 6.45) is 1.38. The minimum atomic E-state index is -0.306. The number of halogens is 1. The molecular formula is C12H13ClN4OS. The minimum absolute atomic E-state index is 0.203. The van der Waals surface area contributed by atoms with Crippen molar-refractivity contribution in [1.29, 1.82) is 0 Å². The first-order valence-corrected chi connectivity index (χ1v) is 6.91. The zero-order chi connectivity index (χ0) is 14.0. The Labute approximate surface area is 119 Å². The molecule has 100 valence electrons. The first kappa shape index (κ1) is 13.8. The number of nitrogens with one attached hydrogen (secondary N) is 1. The lowest BCUT2D eigenvalue weighted by atomic mass is 10.2. The van der Waals surface area contributed by atoms with Gasteiger partial charge in [-0.3, -0.25) is 10.1 Å². The van der Waals surface area contributed by atoms with E-state index in [9.17, 15) is 4.79 Å². The monoisotopic (exact) mass is 296 g/mol. The molecule has 0 aliphatic carbocycles. The molecule has 5 nitrogen and oxygen atoms in total. The number of nitrogens with zero attached hydrogens (tertiary/aromatic N) is 2. The highest BCUT2D eigenvalue weighted by Gasteiger charge is 2.12. The second-order valence-electron chi connectivity index (χ2n) is 4.28. The molecule has 2 aromatic heterocycles. The molecule has 0 saturated carbocycles. The molecule has 0 spiro atoms. The molecular weight excluding hydrogens is 284 g/mol. The number of rotatable bonds is 3. The van der Waals surface area contributed by atoms with E-state index in [1.165, 1.54) is 23.6 Å². The standard InChI is InChI=1S/C12H13ClN4OS/c1-6(2)9-5-19-12(16-9)17-11(18)7-3-8(13)10(14)15-4-7/h3-6H,1-2H3,(H2,14,15)(H,16,17,18). The van der Waals surface area contributed by atoms with Crippen molar-refractivity contribution in [1.82, 2.24) is 9.97 Å². The molecule has 7 heteroatoms. The molecule has 1 amide bonds. The van der Waals surface area contributed by atoms with Crippen LogP contribution in [-0.4, -0.2) is 15.9 Å². The summed E-state index contributed by atoms with van der Waals surface area (Å²) in [6.45, 7) is 4.09. The van der Waals surface area contributed by atoms with Gasteiger partial charge in [0, 0.05) is 11.6 Å². The molecule has 2 heterocycles. The summed E-state index contributed by atoms with van der Waals surface area (Å²) < 4.78 is 0. The number of amides is 1. The van der Waals surface area contributed by atoms with Gasteiger partial charge in [-0.05, 0) is 12.0 Å². The summed E-state index contributed by atoms with van der Waals surface area (Å²) in [4.78, 5) is 20.1. The van der Waals surface area contributed by atoms with Crippen LogP contribution in [0.3, 0.4) is 0 Å². The van der Waals surface area contributed by atoms with Crippen LogP contribution in [0.15, 0.2) is 17.6 Å². The highest BCUT2D eigenvalue weighted by atomic mass is 35.5. The number of pyridine rings is 1. The van der Waals surface area contributed by atoms with Gasteiger partial charge in [0.15, 0.2) is 5.13 Å². The van der Waals surface area contributed by atoms with E-state index in [2.05, 4.69) is 15.3 Å². The lowest BCUT2D eigenvalue weighted by molar-refractivity contribution is 0.102. The van der Waals surface area contributed by atoms with Crippen LogP contribution < -0.4 is 11.1 Å². The number of nitrogen functional groups attached to an aromatic ring is 1. The SMILES string of the molecule is CC(C)c1csc(NC(=O)c2cnc(N)c(Cl)c2)n1. The van der Waals surface area contributed by atoms with E-state index in [0.29, 0.717) is 16.6 Å². The molecule has 0 aliphatic rings. The molecule has 19 heavy (non-hydrogen) atoms. The average Bonchev–Trinajstić information content (AvgIpc) is 2.81. The highest BCUT2D eigenvalue weighted by molar-refractivity contribution is 7.14. The summed E-state index contributed by atoms with van der Waals surface area (Å²) in [6, 6.07) is 1.48. The summed E-state index contributed by atoms with van der Waals surface area (Å²) in [5.41, 5.74) is 6.79. The quantitative estimate of drug-likeness (QED) is 0.911. The third-order valence-electron chi connectivity index (χ3n) is 2.47. The van der Waals surface area contributed by atoms with Gasteiger partial charge in [0.1, 0.15) is 5.82 Å². The van der Waals surface area contributed by atoms with E-state index in [-0.39, 0.29) is 16.7 Å². The van der Waals surface area contributed by atoms with Crippen molar-refractivity contribution in [2.45, 2.75) is 19.8 Å². The topological polar surface area (TPSA) is 80.9 Å². The summed E-state index contributed by atoms with van der Waals surface area (Å²) in [5.74, 6) is 0.225. The fourth-order valence-electron chi connectivity index (χ4n) is 1.35. The molecule has 0 aliphatic heterocycles. The average molecular weight is 297 g/mol. The van der Waals surface area contributed by atoms with Crippen molar-refractivity contribution in [3.8, 4) is 0 Å². The van der Waals surface area contributed by atoms with E-state index in [4.69, 9.17) is 17.3 Å². The summed E-state index contributed by atoms with van der Waals surface area (Å²) >= 11 is 7.21. The Morgan fingerprint density at radius 3 is 2.84 bits per heavy atom. The third-order valence-corrected chi connectivity index (χ3v) is 3.54. The van der Waals surface area contributed by atoms with E-state index in [1.54, 1.807) is 0 Å². The maximum atomic E-state index is 12.0. The maximum Gasteiger partial charge on any atom is 0.259 e. The van der Waals surface area contributed by atoms with Crippen LogP contribution >= 0.6 is 22.9 Å². The molecule has 3 N–H and O–H groups in total. The van der Waals surface area contributed by atoms with E-state index >= 15 is 0 Å². The van der Waals surface area contributed by atoms with E-state index in [0.717, 1.165) is 5.69 Å². The van der Waals surface area contributed by atoms with Crippen LogP contribution in [0.5, 0.6) is 0 Å². The van der Waals surface area contributed by atoms with Gasteiger partial charge in [-0.1, -0.05) is 25.4 Å². The van der Waals surface area contributed by atoms with Crippen LogP contribution in [0.1, 0.15) is 35.8 Å². The number of aromatic nitrogens is 2. The minimum Gasteiger partial charge on any atom is -0.382 e. The van der Waals surface area contributed by atoms with Gasteiger partial charge in [-0.25, -0.2) is 9.97 Å². The summed E-state index contributed by atoms with van der Waals surface area (Å²) in [5, 5.41) is 5.45. The van der Waals surface area contributed by atoms with Crippen molar-refractivity contribution >= 4 is 39.8 Å². The smallest absolute Gasteiger partial charge is 0.259 e. The van der Waals surface area contributed by atoms with Crippen LogP contribution in [0.2, 0.25) is 5.02 Å². The van der Waals surface area contributed by atoms with Crippen molar-refractivity contribution < 1.29 is 4.79 Å². The van der Waals surface area contributed by atoms with Gasteiger partial charge in [-0.2, -0.15) is 0 Å². The normalized spacial score (nSPS) is 10.7. The van der Waals surface area contributed by atoms with Crippen LogP contribution in [0.4, 0.5) is 10.9 Å². The first-order chi connectivity index (χ1) is 8.97. The number of nitrogens with two attached hydrogens (primary N) is 1. The van der Waals surface area contributed by atoms with Crippen LogP contribution in [0, 0.1) is 0 Å². The lowest BCUT2D eigenvalue weighted by Crippen LogP contribution is -2.12. The number of carbonyl (C=O) groups is 1. The highest BCUT2D eigenvalue weighted by Crippen LogP contribution is 2.22. The van der Waals surface area contributed by atoms with Crippen LogP contribution in [0.25, 0.3) is 0 Å². The van der Waals surface area contributed by atoms with E-state index in [1.807, 2.05) is 19.2 Å². The molecule has 0 unspecified atom stereocenters. The lowest BCUT2D eigenvalue weighted by Gasteiger charge is -2.03. The van der Waals surface area contributed by atoms with Crippen molar-refractivity contribution in [3.63, 3.8) is 0 Å². The van der Waals surface area contributed by atoms with Crippen molar-refractivity contribution in [3.05, 3.63) is 33.9 Å². The zero-order valence-electron chi connectivity index (χ0n) is 10.5. The van der Waals surface area contributed by atoms with Crippen molar-refractivity contribution in [2.75, 3.05) is 11.1 Å². The maximum absolute atomic E-state index is 12.0. The second kappa shape index (κ2) is 5.54. The molecule has 0 aromatic carbocycles.